The SMILES string of the molecule is CC(O)Cc1ccc(OC2CCCCC2O)cc1. The molecule has 0 bridgehead atoms. The molecule has 1 aromatic carbocycles. The summed E-state index contributed by atoms with van der Waals surface area (Å²) in [7, 11) is 0. The number of hydrogen-bond acceptors (Lipinski definition) is 3. The van der Waals surface area contributed by atoms with E-state index in [0.29, 0.717) is 6.42 Å². The Morgan fingerprint density at radius 2 is 1.89 bits per heavy atom. The second kappa shape index (κ2) is 6.21. The minimum atomic E-state index is -0.337. The Morgan fingerprint density at radius 3 is 2.50 bits per heavy atom. The van der Waals surface area contributed by atoms with Crippen LogP contribution < -0.4 is 4.74 Å². The summed E-state index contributed by atoms with van der Waals surface area (Å²) in [5, 5.41) is 19.2. The van der Waals surface area contributed by atoms with Crippen molar-refractivity contribution in [2.75, 3.05) is 0 Å². The van der Waals surface area contributed by atoms with Crippen LogP contribution >= 0.6 is 0 Å². The zero-order valence-electron chi connectivity index (χ0n) is 10.9. The summed E-state index contributed by atoms with van der Waals surface area (Å²) in [6, 6.07) is 7.77. The maximum atomic E-state index is 9.85. The van der Waals surface area contributed by atoms with Gasteiger partial charge in [-0.1, -0.05) is 18.6 Å². The van der Waals surface area contributed by atoms with Crippen LogP contribution in [-0.2, 0) is 6.42 Å². The largest absolute Gasteiger partial charge is 0.488 e. The molecule has 0 amide bonds. The van der Waals surface area contributed by atoms with Crippen molar-refractivity contribution in [1.29, 1.82) is 0 Å². The molecule has 1 fully saturated rings. The molecular formula is C15H22O3. The molecule has 3 heteroatoms. The molecule has 0 saturated heterocycles. The minimum absolute atomic E-state index is 0.0682. The Labute approximate surface area is 108 Å². The van der Waals surface area contributed by atoms with Crippen molar-refractivity contribution in [1.82, 2.24) is 0 Å². The first-order chi connectivity index (χ1) is 8.65. The first-order valence-corrected chi connectivity index (χ1v) is 6.77. The highest BCUT2D eigenvalue weighted by Gasteiger charge is 2.24. The van der Waals surface area contributed by atoms with Crippen LogP contribution in [-0.4, -0.2) is 28.5 Å². The van der Waals surface area contributed by atoms with Crippen molar-refractivity contribution in [2.24, 2.45) is 0 Å². The smallest absolute Gasteiger partial charge is 0.124 e. The van der Waals surface area contributed by atoms with Crippen molar-refractivity contribution >= 4 is 0 Å². The predicted molar refractivity (Wildman–Crippen MR) is 70.7 cm³/mol. The normalized spacial score (nSPS) is 25.7. The summed E-state index contributed by atoms with van der Waals surface area (Å²) in [5.41, 5.74) is 1.10. The molecule has 100 valence electrons. The average Bonchev–Trinajstić information content (AvgIpc) is 2.34. The summed E-state index contributed by atoms with van der Waals surface area (Å²) in [6.45, 7) is 1.78. The van der Waals surface area contributed by atoms with E-state index < -0.39 is 0 Å². The van der Waals surface area contributed by atoms with Crippen LogP contribution in [0.2, 0.25) is 0 Å². The van der Waals surface area contributed by atoms with E-state index in [-0.39, 0.29) is 18.3 Å². The van der Waals surface area contributed by atoms with E-state index >= 15 is 0 Å². The molecule has 1 saturated carbocycles. The molecular weight excluding hydrogens is 228 g/mol. The Kier molecular flexibility index (Phi) is 4.61. The number of hydrogen-bond donors (Lipinski definition) is 2. The molecule has 3 unspecified atom stereocenters. The molecule has 3 atom stereocenters. The minimum Gasteiger partial charge on any atom is -0.488 e. The summed E-state index contributed by atoms with van der Waals surface area (Å²) in [5.74, 6) is 0.801. The van der Waals surface area contributed by atoms with Gasteiger partial charge in [-0.15, -0.1) is 0 Å². The molecule has 0 spiro atoms. The van der Waals surface area contributed by atoms with Crippen LogP contribution in [0.25, 0.3) is 0 Å². The van der Waals surface area contributed by atoms with Crippen molar-refractivity contribution in [3.8, 4) is 5.75 Å². The van der Waals surface area contributed by atoms with Crippen molar-refractivity contribution in [2.45, 2.75) is 57.3 Å². The van der Waals surface area contributed by atoms with Gasteiger partial charge in [0.2, 0.25) is 0 Å². The third-order valence-electron chi connectivity index (χ3n) is 3.41. The number of rotatable bonds is 4. The first-order valence-electron chi connectivity index (χ1n) is 6.77. The van der Waals surface area contributed by atoms with E-state index in [1.807, 2.05) is 24.3 Å². The van der Waals surface area contributed by atoms with Gasteiger partial charge in [0.1, 0.15) is 11.9 Å². The second-order valence-electron chi connectivity index (χ2n) is 5.21. The zero-order valence-corrected chi connectivity index (χ0v) is 10.9. The standard InChI is InChI=1S/C15H22O3/c1-11(16)10-12-6-8-13(9-7-12)18-15-5-3-2-4-14(15)17/h6-9,11,14-17H,2-5,10H2,1H3. The first kappa shape index (κ1) is 13.4. The van der Waals surface area contributed by atoms with Crippen LogP contribution in [0.5, 0.6) is 5.75 Å². The van der Waals surface area contributed by atoms with Gasteiger partial charge in [0.05, 0.1) is 12.2 Å². The van der Waals surface area contributed by atoms with E-state index in [2.05, 4.69) is 0 Å². The molecule has 1 aliphatic rings. The topological polar surface area (TPSA) is 49.7 Å². The Morgan fingerprint density at radius 1 is 1.22 bits per heavy atom. The molecule has 0 heterocycles. The van der Waals surface area contributed by atoms with Crippen LogP contribution in [0.1, 0.15) is 38.2 Å². The lowest BCUT2D eigenvalue weighted by Gasteiger charge is -2.28. The molecule has 0 radical (unpaired) electrons. The monoisotopic (exact) mass is 250 g/mol. The predicted octanol–water partition coefficient (Wildman–Crippen LogP) is 2.29. The molecule has 1 aromatic rings. The van der Waals surface area contributed by atoms with Crippen LogP contribution in [0, 0.1) is 0 Å². The van der Waals surface area contributed by atoms with Gasteiger partial charge in [0, 0.05) is 0 Å². The van der Waals surface area contributed by atoms with E-state index in [1.54, 1.807) is 6.92 Å². The number of benzene rings is 1. The third-order valence-corrected chi connectivity index (χ3v) is 3.41. The van der Waals surface area contributed by atoms with Gasteiger partial charge >= 0.3 is 0 Å². The van der Waals surface area contributed by atoms with Crippen LogP contribution in [0.4, 0.5) is 0 Å². The van der Waals surface area contributed by atoms with Gasteiger partial charge in [-0.05, 0) is 50.3 Å². The molecule has 2 N–H and O–H groups in total. The molecule has 2 rings (SSSR count). The van der Waals surface area contributed by atoms with Crippen LogP contribution in [0.15, 0.2) is 24.3 Å². The lowest BCUT2D eigenvalue weighted by atomic mass is 9.95. The maximum Gasteiger partial charge on any atom is 0.124 e. The van der Waals surface area contributed by atoms with Gasteiger partial charge in [0.15, 0.2) is 0 Å². The second-order valence-corrected chi connectivity index (χ2v) is 5.21. The Balaban J connectivity index is 1.93. The highest BCUT2D eigenvalue weighted by Crippen LogP contribution is 2.24. The van der Waals surface area contributed by atoms with Gasteiger partial charge in [-0.2, -0.15) is 0 Å². The summed E-state index contributed by atoms with van der Waals surface area (Å²) in [6.07, 6.45) is 3.92. The van der Waals surface area contributed by atoms with Crippen molar-refractivity contribution in [3.63, 3.8) is 0 Å². The number of aliphatic hydroxyl groups is 2. The van der Waals surface area contributed by atoms with Crippen molar-refractivity contribution in [3.05, 3.63) is 29.8 Å². The summed E-state index contributed by atoms with van der Waals surface area (Å²) in [4.78, 5) is 0. The van der Waals surface area contributed by atoms with Gasteiger partial charge in [-0.25, -0.2) is 0 Å². The number of ether oxygens (including phenoxy) is 1. The van der Waals surface area contributed by atoms with Crippen LogP contribution in [0.3, 0.4) is 0 Å². The van der Waals surface area contributed by atoms with Gasteiger partial charge < -0.3 is 14.9 Å². The number of aliphatic hydroxyl groups excluding tert-OH is 2. The molecule has 18 heavy (non-hydrogen) atoms. The highest BCUT2D eigenvalue weighted by molar-refractivity contribution is 5.28. The molecule has 0 aromatic heterocycles. The molecule has 1 aliphatic carbocycles. The van der Waals surface area contributed by atoms with E-state index in [4.69, 9.17) is 4.74 Å². The quantitative estimate of drug-likeness (QED) is 0.862. The zero-order chi connectivity index (χ0) is 13.0. The van der Waals surface area contributed by atoms with E-state index in [1.165, 1.54) is 0 Å². The maximum absolute atomic E-state index is 9.85. The fraction of sp³-hybridized carbons (Fsp3) is 0.600. The summed E-state index contributed by atoms with van der Waals surface area (Å²) >= 11 is 0. The lowest BCUT2D eigenvalue weighted by Crippen LogP contribution is -2.34. The molecule has 3 nitrogen and oxygen atoms in total. The fourth-order valence-electron chi connectivity index (χ4n) is 2.43. The Bertz CT molecular complexity index is 359. The molecule has 0 aliphatic heterocycles. The lowest BCUT2D eigenvalue weighted by molar-refractivity contribution is 0.00686. The summed E-state index contributed by atoms with van der Waals surface area (Å²) < 4.78 is 5.82. The Hall–Kier alpha value is -1.06. The van der Waals surface area contributed by atoms with Crippen molar-refractivity contribution < 1.29 is 14.9 Å². The third kappa shape index (κ3) is 3.72. The van der Waals surface area contributed by atoms with Gasteiger partial charge in [0.25, 0.3) is 0 Å². The van der Waals surface area contributed by atoms with Gasteiger partial charge in [-0.3, -0.25) is 0 Å². The fourth-order valence-corrected chi connectivity index (χ4v) is 2.43. The van der Waals surface area contributed by atoms with E-state index in [0.717, 1.165) is 37.0 Å². The van der Waals surface area contributed by atoms with E-state index in [9.17, 15) is 10.2 Å². The highest BCUT2D eigenvalue weighted by atomic mass is 16.5. The average molecular weight is 250 g/mol.